The molecule has 0 radical (unpaired) electrons. The number of amides is 1. The second-order valence-corrected chi connectivity index (χ2v) is 9.28. The molecule has 0 saturated carbocycles. The normalized spacial score (nSPS) is 11.7. The number of para-hydroxylation sites is 1. The van der Waals surface area contributed by atoms with E-state index in [-0.39, 0.29) is 27.5 Å². The first-order chi connectivity index (χ1) is 12.6. The van der Waals surface area contributed by atoms with Crippen LogP contribution in [0, 0.1) is 0 Å². The van der Waals surface area contributed by atoms with Crippen LogP contribution in [0.3, 0.4) is 0 Å². The minimum atomic E-state index is -3.56. The Morgan fingerprint density at radius 2 is 1.74 bits per heavy atom. The third kappa shape index (κ3) is 5.01. The van der Waals surface area contributed by atoms with Gasteiger partial charge in [-0.3, -0.25) is 5.32 Å². The molecule has 2 rings (SSSR count). The van der Waals surface area contributed by atoms with Crippen LogP contribution in [-0.2, 0) is 15.3 Å². The SMILES string of the molecule is CCS(=O)(=O)c1cc(C(C)(C)C)cc(NC(=O)Oc2ccccc2)c1OC. The molecule has 0 heterocycles. The molecule has 2 aromatic rings. The summed E-state index contributed by atoms with van der Waals surface area (Å²) in [6, 6.07) is 11.9. The van der Waals surface area contributed by atoms with E-state index in [0.717, 1.165) is 5.56 Å². The highest BCUT2D eigenvalue weighted by molar-refractivity contribution is 7.91. The van der Waals surface area contributed by atoms with E-state index in [1.807, 2.05) is 26.8 Å². The standard InChI is InChI=1S/C20H25NO5S/c1-6-27(23,24)17-13-14(20(2,3)4)12-16(18(17)25-5)21-19(22)26-15-10-8-7-9-11-15/h7-13H,6H2,1-5H3,(H,21,22). The maximum atomic E-state index is 12.6. The lowest BCUT2D eigenvalue weighted by atomic mass is 9.86. The lowest BCUT2D eigenvalue weighted by Gasteiger charge is -2.23. The Morgan fingerprint density at radius 3 is 2.26 bits per heavy atom. The second kappa shape index (κ2) is 8.00. The van der Waals surface area contributed by atoms with Crippen molar-refractivity contribution >= 4 is 21.6 Å². The molecule has 0 saturated heterocycles. The van der Waals surface area contributed by atoms with E-state index in [4.69, 9.17) is 9.47 Å². The molecule has 27 heavy (non-hydrogen) atoms. The zero-order chi connectivity index (χ0) is 20.2. The van der Waals surface area contributed by atoms with E-state index < -0.39 is 15.9 Å². The van der Waals surface area contributed by atoms with Gasteiger partial charge >= 0.3 is 6.09 Å². The van der Waals surface area contributed by atoms with Crippen molar-refractivity contribution in [3.05, 3.63) is 48.0 Å². The summed E-state index contributed by atoms with van der Waals surface area (Å²) < 4.78 is 35.7. The highest BCUT2D eigenvalue weighted by Gasteiger charge is 2.26. The van der Waals surface area contributed by atoms with Gasteiger partial charge in [0.2, 0.25) is 0 Å². The van der Waals surface area contributed by atoms with Gasteiger partial charge in [-0.15, -0.1) is 0 Å². The topological polar surface area (TPSA) is 81.7 Å². The van der Waals surface area contributed by atoms with E-state index >= 15 is 0 Å². The van der Waals surface area contributed by atoms with Crippen molar-refractivity contribution < 1.29 is 22.7 Å². The van der Waals surface area contributed by atoms with Gasteiger partial charge in [0.25, 0.3) is 0 Å². The van der Waals surface area contributed by atoms with E-state index in [0.29, 0.717) is 5.75 Å². The van der Waals surface area contributed by atoms with Crippen LogP contribution < -0.4 is 14.8 Å². The molecule has 6 nitrogen and oxygen atoms in total. The highest BCUT2D eigenvalue weighted by atomic mass is 32.2. The van der Waals surface area contributed by atoms with E-state index in [1.165, 1.54) is 7.11 Å². The number of sulfone groups is 1. The second-order valence-electron chi connectivity index (χ2n) is 7.04. The van der Waals surface area contributed by atoms with E-state index in [2.05, 4.69) is 5.32 Å². The van der Waals surface area contributed by atoms with Gasteiger partial charge in [-0.2, -0.15) is 0 Å². The number of nitrogens with one attached hydrogen (secondary N) is 1. The Labute approximate surface area is 160 Å². The van der Waals surface area contributed by atoms with Crippen molar-refractivity contribution in [2.45, 2.75) is 38.0 Å². The average Bonchev–Trinajstić information content (AvgIpc) is 2.61. The quantitative estimate of drug-likeness (QED) is 0.817. The number of rotatable bonds is 5. The summed E-state index contributed by atoms with van der Waals surface area (Å²) in [5.41, 5.74) is 0.674. The van der Waals surface area contributed by atoms with Crippen molar-refractivity contribution in [2.24, 2.45) is 0 Å². The van der Waals surface area contributed by atoms with Crippen LogP contribution in [0.1, 0.15) is 33.3 Å². The smallest absolute Gasteiger partial charge is 0.417 e. The van der Waals surface area contributed by atoms with Crippen molar-refractivity contribution in [2.75, 3.05) is 18.2 Å². The summed E-state index contributed by atoms with van der Waals surface area (Å²) in [5, 5.41) is 2.61. The Hall–Kier alpha value is -2.54. The number of methoxy groups -OCH3 is 1. The average molecular weight is 391 g/mol. The molecule has 0 unspecified atom stereocenters. The van der Waals surface area contributed by atoms with Crippen molar-refractivity contribution in [1.29, 1.82) is 0 Å². The lowest BCUT2D eigenvalue weighted by Crippen LogP contribution is -2.20. The van der Waals surface area contributed by atoms with Crippen LogP contribution >= 0.6 is 0 Å². The van der Waals surface area contributed by atoms with Crippen LogP contribution in [-0.4, -0.2) is 27.4 Å². The lowest BCUT2D eigenvalue weighted by molar-refractivity contribution is 0.215. The minimum absolute atomic E-state index is 0.0509. The summed E-state index contributed by atoms with van der Waals surface area (Å²) in [4.78, 5) is 12.4. The third-order valence-corrected chi connectivity index (χ3v) is 5.76. The number of carbonyl (C=O) groups is 1. The number of hydrogen-bond acceptors (Lipinski definition) is 5. The molecular formula is C20H25NO5S. The first kappa shape index (κ1) is 20.8. The molecule has 0 atom stereocenters. The number of anilines is 1. The maximum Gasteiger partial charge on any atom is 0.417 e. The number of benzene rings is 2. The zero-order valence-electron chi connectivity index (χ0n) is 16.2. The Morgan fingerprint density at radius 1 is 1.11 bits per heavy atom. The molecule has 0 aliphatic heterocycles. The molecule has 0 aliphatic carbocycles. The van der Waals surface area contributed by atoms with Gasteiger partial charge in [0.15, 0.2) is 15.6 Å². The van der Waals surface area contributed by atoms with Crippen LogP contribution in [0.15, 0.2) is 47.4 Å². The molecule has 0 aliphatic rings. The molecule has 0 fully saturated rings. The summed E-state index contributed by atoms with van der Waals surface area (Å²) in [6.07, 6.45) is -0.731. The van der Waals surface area contributed by atoms with Gasteiger partial charge in [-0.25, -0.2) is 13.2 Å². The number of hydrogen-bond donors (Lipinski definition) is 1. The largest absolute Gasteiger partial charge is 0.493 e. The van der Waals surface area contributed by atoms with Gasteiger partial charge in [-0.05, 0) is 35.2 Å². The van der Waals surface area contributed by atoms with Crippen molar-refractivity contribution in [1.82, 2.24) is 0 Å². The van der Waals surface area contributed by atoms with Gasteiger partial charge in [-0.1, -0.05) is 45.9 Å². The third-order valence-electron chi connectivity index (χ3n) is 4.03. The Kier molecular flexibility index (Phi) is 6.15. The summed E-state index contributed by atoms with van der Waals surface area (Å²) in [7, 11) is -2.19. The van der Waals surface area contributed by atoms with Gasteiger partial charge in [0, 0.05) is 0 Å². The predicted octanol–water partition coefficient (Wildman–Crippen LogP) is 4.40. The predicted molar refractivity (Wildman–Crippen MR) is 106 cm³/mol. The number of ether oxygens (including phenoxy) is 2. The molecule has 0 spiro atoms. The van der Waals surface area contributed by atoms with E-state index in [9.17, 15) is 13.2 Å². The fraction of sp³-hybridized carbons (Fsp3) is 0.350. The van der Waals surface area contributed by atoms with Crippen LogP contribution in [0.5, 0.6) is 11.5 Å². The number of carbonyl (C=O) groups excluding carboxylic acids is 1. The Bertz CT molecular complexity index is 915. The Balaban J connectivity index is 2.50. The summed E-state index contributed by atoms with van der Waals surface area (Å²) in [6.45, 7) is 7.45. The molecule has 1 N–H and O–H groups in total. The summed E-state index contributed by atoms with van der Waals surface area (Å²) in [5.74, 6) is 0.391. The first-order valence-electron chi connectivity index (χ1n) is 8.57. The first-order valence-corrected chi connectivity index (χ1v) is 10.2. The summed E-state index contributed by atoms with van der Waals surface area (Å²) >= 11 is 0. The molecule has 2 aromatic carbocycles. The van der Waals surface area contributed by atoms with Crippen LogP contribution in [0.4, 0.5) is 10.5 Å². The van der Waals surface area contributed by atoms with Gasteiger partial charge < -0.3 is 9.47 Å². The fourth-order valence-electron chi connectivity index (χ4n) is 2.46. The van der Waals surface area contributed by atoms with Gasteiger partial charge in [0.05, 0.1) is 18.6 Å². The maximum absolute atomic E-state index is 12.6. The van der Waals surface area contributed by atoms with Crippen LogP contribution in [0.25, 0.3) is 0 Å². The molecule has 146 valence electrons. The monoisotopic (exact) mass is 391 g/mol. The fourth-order valence-corrected chi connectivity index (χ4v) is 3.55. The minimum Gasteiger partial charge on any atom is -0.493 e. The van der Waals surface area contributed by atoms with Crippen molar-refractivity contribution in [3.63, 3.8) is 0 Å². The highest BCUT2D eigenvalue weighted by Crippen LogP contribution is 2.38. The van der Waals surface area contributed by atoms with E-state index in [1.54, 1.807) is 43.3 Å². The molecular weight excluding hydrogens is 366 g/mol. The zero-order valence-corrected chi connectivity index (χ0v) is 17.0. The molecule has 0 bridgehead atoms. The molecule has 7 heteroatoms. The molecule has 0 aromatic heterocycles. The van der Waals surface area contributed by atoms with Crippen molar-refractivity contribution in [3.8, 4) is 11.5 Å². The van der Waals surface area contributed by atoms with Crippen LogP contribution in [0.2, 0.25) is 0 Å². The van der Waals surface area contributed by atoms with Gasteiger partial charge in [0.1, 0.15) is 10.6 Å². The molecule has 1 amide bonds.